The Morgan fingerprint density at radius 3 is 3.04 bits per heavy atom. The minimum absolute atomic E-state index is 0.180. The number of carbonyl (C=O) groups is 1. The zero-order chi connectivity index (χ0) is 17.5. The molecular formula is C20H23FN2O2. The van der Waals surface area contributed by atoms with Crippen molar-refractivity contribution in [2.75, 3.05) is 19.7 Å². The summed E-state index contributed by atoms with van der Waals surface area (Å²) >= 11 is 0. The number of piperidine rings is 1. The summed E-state index contributed by atoms with van der Waals surface area (Å²) in [4.78, 5) is 18.5. The van der Waals surface area contributed by atoms with Crippen molar-refractivity contribution in [1.29, 1.82) is 0 Å². The molecule has 1 saturated heterocycles. The summed E-state index contributed by atoms with van der Waals surface area (Å²) < 4.78 is 18.9. The van der Waals surface area contributed by atoms with Gasteiger partial charge in [0.05, 0.1) is 6.61 Å². The Labute approximate surface area is 147 Å². The molecule has 5 heteroatoms. The van der Waals surface area contributed by atoms with Gasteiger partial charge in [-0.15, -0.1) is 0 Å². The Bertz CT molecular complexity index is 693. The van der Waals surface area contributed by atoms with Gasteiger partial charge in [-0.25, -0.2) is 4.39 Å². The fourth-order valence-corrected chi connectivity index (χ4v) is 3.15. The SMILES string of the molecule is O=C(CCc1cccnc1)N1CCC[C@H](COc2cccc(F)c2)C1. The Morgan fingerprint density at radius 2 is 2.24 bits per heavy atom. The number of hydrogen-bond acceptors (Lipinski definition) is 3. The lowest BCUT2D eigenvalue weighted by atomic mass is 9.98. The molecule has 0 saturated carbocycles. The Morgan fingerprint density at radius 1 is 1.32 bits per heavy atom. The maximum absolute atomic E-state index is 13.2. The summed E-state index contributed by atoms with van der Waals surface area (Å²) in [5, 5.41) is 0. The van der Waals surface area contributed by atoms with Crippen LogP contribution in [0.25, 0.3) is 0 Å². The maximum Gasteiger partial charge on any atom is 0.222 e. The second kappa shape index (κ2) is 8.60. The molecule has 1 aliphatic heterocycles. The third-order valence-corrected chi connectivity index (χ3v) is 4.50. The van der Waals surface area contributed by atoms with Gasteiger partial charge in [0.25, 0.3) is 0 Å². The van der Waals surface area contributed by atoms with Crippen LogP contribution in [0.15, 0.2) is 48.8 Å². The van der Waals surface area contributed by atoms with Crippen LogP contribution < -0.4 is 4.74 Å². The van der Waals surface area contributed by atoms with E-state index >= 15 is 0 Å². The number of ether oxygens (including phenoxy) is 1. The van der Waals surface area contributed by atoms with Crippen LogP contribution in [0.2, 0.25) is 0 Å². The summed E-state index contributed by atoms with van der Waals surface area (Å²) in [7, 11) is 0. The highest BCUT2D eigenvalue weighted by molar-refractivity contribution is 5.76. The molecule has 1 aliphatic rings. The Balaban J connectivity index is 1.46. The molecule has 1 aromatic carbocycles. The van der Waals surface area contributed by atoms with Crippen molar-refractivity contribution >= 4 is 5.91 Å². The highest BCUT2D eigenvalue weighted by atomic mass is 19.1. The van der Waals surface area contributed by atoms with Crippen molar-refractivity contribution in [2.45, 2.75) is 25.7 Å². The van der Waals surface area contributed by atoms with Crippen LogP contribution in [0, 0.1) is 11.7 Å². The number of amides is 1. The zero-order valence-corrected chi connectivity index (χ0v) is 14.2. The van der Waals surface area contributed by atoms with E-state index in [4.69, 9.17) is 4.74 Å². The second-order valence-electron chi connectivity index (χ2n) is 6.48. The first-order valence-electron chi connectivity index (χ1n) is 8.76. The third kappa shape index (κ3) is 5.28. The van der Waals surface area contributed by atoms with E-state index in [1.807, 2.05) is 17.0 Å². The lowest BCUT2D eigenvalue weighted by Gasteiger charge is -2.32. The molecule has 2 aromatic rings. The van der Waals surface area contributed by atoms with Crippen LogP contribution in [-0.2, 0) is 11.2 Å². The van der Waals surface area contributed by atoms with Gasteiger partial charge in [-0.2, -0.15) is 0 Å². The summed E-state index contributed by atoms with van der Waals surface area (Å²) in [6.07, 6.45) is 6.77. The number of pyridine rings is 1. The minimum Gasteiger partial charge on any atom is -0.493 e. The first kappa shape index (κ1) is 17.4. The number of likely N-dealkylation sites (tertiary alicyclic amines) is 1. The van der Waals surface area contributed by atoms with Crippen molar-refractivity contribution in [3.8, 4) is 5.75 Å². The molecule has 0 N–H and O–H groups in total. The maximum atomic E-state index is 13.2. The molecule has 132 valence electrons. The summed E-state index contributed by atoms with van der Waals surface area (Å²) in [6.45, 7) is 2.03. The lowest BCUT2D eigenvalue weighted by molar-refractivity contribution is -0.133. The number of nitrogens with zero attached hydrogens (tertiary/aromatic N) is 2. The molecule has 0 aliphatic carbocycles. The molecule has 1 atom stereocenters. The molecule has 1 fully saturated rings. The van der Waals surface area contributed by atoms with Crippen LogP contribution in [-0.4, -0.2) is 35.5 Å². The molecule has 2 heterocycles. The number of aromatic nitrogens is 1. The van der Waals surface area contributed by atoms with Crippen LogP contribution in [0.5, 0.6) is 5.75 Å². The van der Waals surface area contributed by atoms with Crippen LogP contribution in [0.4, 0.5) is 4.39 Å². The number of aryl methyl sites for hydroxylation is 1. The summed E-state index contributed by atoms with van der Waals surface area (Å²) in [5.74, 6) is 0.715. The Hall–Kier alpha value is -2.43. The van der Waals surface area contributed by atoms with Crippen LogP contribution in [0.3, 0.4) is 0 Å². The van der Waals surface area contributed by atoms with E-state index in [9.17, 15) is 9.18 Å². The van der Waals surface area contributed by atoms with E-state index in [0.717, 1.165) is 24.9 Å². The van der Waals surface area contributed by atoms with E-state index < -0.39 is 0 Å². The molecule has 0 bridgehead atoms. The number of benzene rings is 1. The van der Waals surface area contributed by atoms with Gasteiger partial charge in [-0.3, -0.25) is 9.78 Å². The first-order chi connectivity index (χ1) is 12.2. The Kier molecular flexibility index (Phi) is 5.99. The van der Waals surface area contributed by atoms with E-state index in [0.29, 0.717) is 37.7 Å². The molecule has 1 amide bonds. The largest absolute Gasteiger partial charge is 0.493 e. The molecule has 3 rings (SSSR count). The van der Waals surface area contributed by atoms with Gasteiger partial charge >= 0.3 is 0 Å². The zero-order valence-electron chi connectivity index (χ0n) is 14.2. The topological polar surface area (TPSA) is 42.4 Å². The van der Waals surface area contributed by atoms with Gasteiger partial charge in [0.2, 0.25) is 5.91 Å². The average Bonchev–Trinajstić information content (AvgIpc) is 2.65. The van der Waals surface area contributed by atoms with E-state index in [2.05, 4.69) is 4.98 Å². The predicted molar refractivity (Wildman–Crippen MR) is 93.8 cm³/mol. The molecule has 4 nitrogen and oxygen atoms in total. The second-order valence-corrected chi connectivity index (χ2v) is 6.48. The number of carbonyl (C=O) groups excluding carboxylic acids is 1. The molecule has 1 aromatic heterocycles. The van der Waals surface area contributed by atoms with Gasteiger partial charge in [-0.05, 0) is 43.0 Å². The standard InChI is InChI=1S/C20H23FN2O2/c21-18-6-1-7-19(12-18)25-15-17-5-3-11-23(14-17)20(24)9-8-16-4-2-10-22-13-16/h1-2,4,6-7,10,12-13,17H,3,5,8-9,11,14-15H2/t17-/m0/s1. The summed E-state index contributed by atoms with van der Waals surface area (Å²) in [5.41, 5.74) is 1.08. The molecule has 25 heavy (non-hydrogen) atoms. The van der Waals surface area contributed by atoms with E-state index in [1.54, 1.807) is 24.5 Å². The van der Waals surface area contributed by atoms with E-state index in [-0.39, 0.29) is 11.7 Å². The van der Waals surface area contributed by atoms with Gasteiger partial charge < -0.3 is 9.64 Å². The van der Waals surface area contributed by atoms with Gasteiger partial charge in [0.1, 0.15) is 11.6 Å². The highest BCUT2D eigenvalue weighted by Gasteiger charge is 2.24. The minimum atomic E-state index is -0.298. The monoisotopic (exact) mass is 342 g/mol. The van der Waals surface area contributed by atoms with Crippen molar-refractivity contribution in [2.24, 2.45) is 5.92 Å². The lowest BCUT2D eigenvalue weighted by Crippen LogP contribution is -2.41. The van der Waals surface area contributed by atoms with Crippen LogP contribution in [0.1, 0.15) is 24.8 Å². The molecule has 0 unspecified atom stereocenters. The van der Waals surface area contributed by atoms with E-state index in [1.165, 1.54) is 12.1 Å². The number of rotatable bonds is 6. The average molecular weight is 342 g/mol. The van der Waals surface area contributed by atoms with Crippen molar-refractivity contribution < 1.29 is 13.9 Å². The highest BCUT2D eigenvalue weighted by Crippen LogP contribution is 2.20. The van der Waals surface area contributed by atoms with Gasteiger partial charge in [-0.1, -0.05) is 12.1 Å². The normalized spacial score (nSPS) is 17.3. The quantitative estimate of drug-likeness (QED) is 0.807. The number of halogens is 1. The van der Waals surface area contributed by atoms with Crippen LogP contribution >= 0.6 is 0 Å². The summed E-state index contributed by atoms with van der Waals surface area (Å²) in [6, 6.07) is 10.1. The van der Waals surface area contributed by atoms with Gasteiger partial charge in [0.15, 0.2) is 0 Å². The third-order valence-electron chi connectivity index (χ3n) is 4.50. The van der Waals surface area contributed by atoms with Crippen molar-refractivity contribution in [3.63, 3.8) is 0 Å². The fraction of sp³-hybridized carbons (Fsp3) is 0.400. The molecular weight excluding hydrogens is 319 g/mol. The molecule has 0 spiro atoms. The smallest absolute Gasteiger partial charge is 0.222 e. The first-order valence-corrected chi connectivity index (χ1v) is 8.76. The fourth-order valence-electron chi connectivity index (χ4n) is 3.15. The van der Waals surface area contributed by atoms with Crippen molar-refractivity contribution in [1.82, 2.24) is 9.88 Å². The van der Waals surface area contributed by atoms with Gasteiger partial charge in [0, 0.05) is 43.9 Å². The molecule has 0 radical (unpaired) electrons. The predicted octanol–water partition coefficient (Wildman–Crippen LogP) is 3.47. The number of hydrogen-bond donors (Lipinski definition) is 0. The van der Waals surface area contributed by atoms with Crippen molar-refractivity contribution in [3.05, 3.63) is 60.2 Å².